The first-order valence-corrected chi connectivity index (χ1v) is 31.4. The number of rotatable bonds is 30. The number of esters is 1. The normalized spacial score (nSPS) is 20.9. The zero-order chi connectivity index (χ0) is 66.7. The standard InChI is InChI=1S/C65H84N6O21/c1-7-65(86)44-31-47-54-42(32-71(47)60(81)43(44)34-89-63(65)84)40(41-15-11-12-16-45(41)66-54)21-23-69(36(4)5)64(85)90-33-38-17-18-46(49(30-38)91-62-57(79)55(77)56(78)58(92-62)61(82)83)67-59(80)37(6)29-48(72)53(35(2)3)68-50(73)19-20-51(74)70(39-13-9-8-10-14-39)24-26-88-28-27-87-25-22-52(75)76/h11-12,15-18,30-31,35-37,39,53,55-58,62,77-79,86H,7-10,13-14,19-29,32-34H2,1-6H3,(H,67,80)(H,68,73)(H,75,76)(H,82,83)/t37-,53+,55+,56+,57-,58+,62-,65+/m1/s1. The van der Waals surface area contributed by atoms with Crippen LogP contribution in [0.5, 0.6) is 5.75 Å². The van der Waals surface area contributed by atoms with Gasteiger partial charge in [0.25, 0.3) is 5.56 Å². The van der Waals surface area contributed by atoms with Gasteiger partial charge in [-0.1, -0.05) is 71.2 Å². The summed E-state index contributed by atoms with van der Waals surface area (Å²) in [6, 6.07) is 11.7. The van der Waals surface area contributed by atoms with Gasteiger partial charge < -0.3 is 84.1 Å². The van der Waals surface area contributed by atoms with Crippen LogP contribution in [-0.2, 0) is 89.0 Å². The van der Waals surface area contributed by atoms with Crippen LogP contribution in [0.1, 0.15) is 134 Å². The van der Waals surface area contributed by atoms with Gasteiger partial charge in [0, 0.05) is 66.9 Å². The number of carbonyl (C=O) groups is 8. The van der Waals surface area contributed by atoms with Gasteiger partial charge in [-0.05, 0) is 80.8 Å². The molecule has 27 nitrogen and oxygen atoms in total. The quantitative estimate of drug-likeness (QED) is 0.0237. The van der Waals surface area contributed by atoms with E-state index in [1.54, 1.807) is 50.2 Å². The molecule has 4 aliphatic rings. The maximum atomic E-state index is 14.2. The van der Waals surface area contributed by atoms with Crippen LogP contribution < -0.4 is 20.9 Å². The number of para-hydroxylation sites is 1. The van der Waals surface area contributed by atoms with Crippen LogP contribution in [-0.4, -0.2) is 186 Å². The number of benzene rings is 2. The number of hydrogen-bond donors (Lipinski definition) is 8. The van der Waals surface area contributed by atoms with Gasteiger partial charge in [0.05, 0.1) is 73.6 Å². The molecule has 1 aliphatic carbocycles. The number of fused-ring (bicyclic) bond motifs is 5. The van der Waals surface area contributed by atoms with Crippen LogP contribution in [0.15, 0.2) is 53.3 Å². The molecule has 1 saturated carbocycles. The zero-order valence-electron chi connectivity index (χ0n) is 52.6. The number of cyclic esters (lactones) is 1. The molecule has 5 heterocycles. The minimum Gasteiger partial charge on any atom is -0.481 e. The number of ketones is 1. The molecule has 0 unspecified atom stereocenters. The van der Waals surface area contributed by atoms with Gasteiger partial charge in [-0.25, -0.2) is 19.4 Å². The fourth-order valence-electron chi connectivity index (χ4n) is 12.1. The molecule has 3 aliphatic heterocycles. The SMILES string of the molecule is CC[C@@]1(O)C(=O)OCc2c1cc1n(c2=O)Cc2c-1nc1ccccc1c2CCN(C(=O)OCc1ccc(NC(=O)[C@H](C)CC(=O)[C@@H](NC(=O)CCC(=O)N(CCOCCOCCC(=O)O)C2CCCCC2)C(C)C)c(O[C@@H]2O[C@H](C(=O)O)[C@@H](O)[C@H](O)[C@H]2O)c1)C(C)C. The van der Waals surface area contributed by atoms with Crippen molar-refractivity contribution >= 4 is 64.1 Å². The Kier molecular flexibility index (Phi) is 23.7. The van der Waals surface area contributed by atoms with Crippen LogP contribution in [0.25, 0.3) is 22.3 Å². The molecule has 8 rings (SSSR count). The Balaban J connectivity index is 0.930. The maximum absolute atomic E-state index is 14.2. The zero-order valence-corrected chi connectivity index (χ0v) is 52.6. The maximum Gasteiger partial charge on any atom is 0.410 e. The number of ether oxygens (including phenoxy) is 6. The van der Waals surface area contributed by atoms with Gasteiger partial charge in [0.15, 0.2) is 17.5 Å². The smallest absolute Gasteiger partial charge is 0.410 e. The molecule has 8 N–H and O–H groups in total. The van der Waals surface area contributed by atoms with Crippen molar-refractivity contribution in [2.24, 2.45) is 11.8 Å². The number of aliphatic hydroxyl groups is 4. The summed E-state index contributed by atoms with van der Waals surface area (Å²) in [5, 5.41) is 68.4. The van der Waals surface area contributed by atoms with Gasteiger partial charge in [-0.2, -0.15) is 0 Å². The lowest BCUT2D eigenvalue weighted by Crippen LogP contribution is -2.61. The molecule has 2 aromatic heterocycles. The largest absolute Gasteiger partial charge is 0.481 e. The number of carbonyl (C=O) groups excluding carboxylic acids is 6. The van der Waals surface area contributed by atoms with E-state index < -0.39 is 114 Å². The summed E-state index contributed by atoms with van der Waals surface area (Å²) in [5.41, 5.74) is 1.11. The van der Waals surface area contributed by atoms with Crippen LogP contribution in [0.2, 0.25) is 0 Å². The van der Waals surface area contributed by atoms with Crippen LogP contribution in [0.3, 0.4) is 0 Å². The first kappa shape index (κ1) is 70.0. The summed E-state index contributed by atoms with van der Waals surface area (Å²) < 4.78 is 35.0. The first-order valence-electron chi connectivity index (χ1n) is 31.4. The number of aliphatic carboxylic acids is 2. The summed E-state index contributed by atoms with van der Waals surface area (Å²) in [4.78, 5) is 127. The third kappa shape index (κ3) is 16.3. The highest BCUT2D eigenvalue weighted by atomic mass is 16.7. The molecule has 92 heavy (non-hydrogen) atoms. The molecule has 500 valence electrons. The Bertz CT molecular complexity index is 3440. The first-order chi connectivity index (χ1) is 43.8. The lowest BCUT2D eigenvalue weighted by atomic mass is 9.86. The Morgan fingerprint density at radius 1 is 0.837 bits per heavy atom. The van der Waals surface area contributed by atoms with Crippen molar-refractivity contribution in [3.05, 3.63) is 86.7 Å². The Morgan fingerprint density at radius 3 is 2.24 bits per heavy atom. The Labute approximate surface area is 531 Å². The molecule has 0 spiro atoms. The average molecular weight is 1290 g/mol. The predicted molar refractivity (Wildman–Crippen MR) is 328 cm³/mol. The summed E-state index contributed by atoms with van der Waals surface area (Å²) in [7, 11) is 0. The van der Waals surface area contributed by atoms with Gasteiger partial charge in [-0.15, -0.1) is 0 Å². The Morgan fingerprint density at radius 2 is 1.55 bits per heavy atom. The van der Waals surface area contributed by atoms with E-state index in [2.05, 4.69) is 10.6 Å². The van der Waals surface area contributed by atoms with Crippen LogP contribution >= 0.6 is 0 Å². The summed E-state index contributed by atoms with van der Waals surface area (Å²) in [5.74, 6) is -7.23. The second-order valence-electron chi connectivity index (χ2n) is 24.4. The molecular formula is C65H84N6O21. The van der Waals surface area contributed by atoms with E-state index in [-0.39, 0.29) is 131 Å². The fourth-order valence-corrected chi connectivity index (χ4v) is 12.1. The number of aromatic nitrogens is 2. The molecule has 27 heteroatoms. The lowest BCUT2D eigenvalue weighted by molar-refractivity contribution is -0.271. The van der Waals surface area contributed by atoms with Crippen molar-refractivity contribution in [3.8, 4) is 17.1 Å². The highest BCUT2D eigenvalue weighted by Crippen LogP contribution is 2.41. The highest BCUT2D eigenvalue weighted by Gasteiger charge is 2.49. The topological polar surface area (TPSA) is 379 Å². The van der Waals surface area contributed by atoms with E-state index in [9.17, 15) is 68.7 Å². The minimum absolute atomic E-state index is 0.0249. The van der Waals surface area contributed by atoms with Crippen LogP contribution in [0, 0.1) is 11.8 Å². The number of Topliss-reactive ketones (excluding diaryl/α,β-unsaturated/α-hetero) is 1. The molecule has 4 aromatic rings. The third-order valence-corrected chi connectivity index (χ3v) is 17.4. The van der Waals surface area contributed by atoms with Gasteiger partial charge in [0.1, 0.15) is 37.3 Å². The van der Waals surface area contributed by atoms with Crippen molar-refractivity contribution in [2.75, 3.05) is 44.8 Å². The molecule has 2 fully saturated rings. The summed E-state index contributed by atoms with van der Waals surface area (Å²) in [6.45, 7) is 10.6. The summed E-state index contributed by atoms with van der Waals surface area (Å²) in [6.07, 6.45) is -6.89. The molecular weight excluding hydrogens is 1200 g/mol. The molecule has 0 bridgehead atoms. The number of anilines is 1. The Hall–Kier alpha value is -7.92. The molecule has 2 aromatic carbocycles. The van der Waals surface area contributed by atoms with E-state index >= 15 is 0 Å². The van der Waals surface area contributed by atoms with Crippen molar-refractivity contribution in [1.82, 2.24) is 24.7 Å². The van der Waals surface area contributed by atoms with Crippen molar-refractivity contribution in [1.29, 1.82) is 0 Å². The van der Waals surface area contributed by atoms with E-state index in [0.29, 0.717) is 16.9 Å². The molecule has 8 atom stereocenters. The lowest BCUT2D eigenvalue weighted by Gasteiger charge is -2.38. The third-order valence-electron chi connectivity index (χ3n) is 17.4. The minimum atomic E-state index is -2.06. The predicted octanol–water partition coefficient (Wildman–Crippen LogP) is 4.06. The fraction of sp³-hybridized carbons (Fsp3) is 0.569. The number of carboxylic acid groups (broad SMARTS) is 2. The number of pyridine rings is 2. The van der Waals surface area contributed by atoms with Crippen LogP contribution in [0.4, 0.5) is 10.5 Å². The molecule has 4 amide bonds. The molecule has 0 radical (unpaired) electrons. The number of aliphatic hydroxyl groups excluding tert-OH is 3. The van der Waals surface area contributed by atoms with E-state index in [4.69, 9.17) is 38.5 Å². The van der Waals surface area contributed by atoms with Gasteiger partial charge >= 0.3 is 24.0 Å². The second-order valence-corrected chi connectivity index (χ2v) is 24.4. The monoisotopic (exact) mass is 1280 g/mol. The van der Waals surface area contributed by atoms with Crippen molar-refractivity contribution in [3.63, 3.8) is 0 Å². The van der Waals surface area contributed by atoms with Crippen molar-refractivity contribution in [2.45, 2.75) is 186 Å². The molecule has 1 saturated heterocycles. The highest BCUT2D eigenvalue weighted by molar-refractivity contribution is 5.98. The van der Waals surface area contributed by atoms with E-state index in [0.717, 1.165) is 48.6 Å². The summed E-state index contributed by atoms with van der Waals surface area (Å²) >= 11 is 0. The number of nitrogens with zero attached hydrogens (tertiary/aromatic N) is 4. The average Bonchev–Trinajstić information content (AvgIpc) is 1.52. The number of nitrogens with one attached hydrogen (secondary N) is 2. The van der Waals surface area contributed by atoms with Crippen molar-refractivity contribution < 1.29 is 97.4 Å². The number of carboxylic acids is 2. The van der Waals surface area contributed by atoms with Gasteiger partial charge in [0.2, 0.25) is 24.0 Å². The van der Waals surface area contributed by atoms with Gasteiger partial charge in [-0.3, -0.25) is 28.8 Å². The number of amides is 4. The van der Waals surface area contributed by atoms with E-state index in [1.165, 1.54) is 30.0 Å². The van der Waals surface area contributed by atoms with E-state index in [1.807, 2.05) is 24.3 Å². The second kappa shape index (κ2) is 31.1. The number of hydrogen-bond acceptors (Lipinski definition) is 20.